The van der Waals surface area contributed by atoms with Crippen LogP contribution in [0.3, 0.4) is 0 Å². The molecule has 1 aromatic rings. The molecule has 0 bridgehead atoms. The molecule has 1 N–H and O–H groups in total. The molecule has 0 fully saturated rings. The van der Waals surface area contributed by atoms with E-state index in [0.29, 0.717) is 6.61 Å². The first-order chi connectivity index (χ1) is 8.26. The third kappa shape index (κ3) is 6.46. The molecule has 2 nitrogen and oxygen atoms in total. The predicted molar refractivity (Wildman–Crippen MR) is 79.0 cm³/mol. The van der Waals surface area contributed by atoms with Gasteiger partial charge in [0.15, 0.2) is 0 Å². The van der Waals surface area contributed by atoms with E-state index in [4.69, 9.17) is 5.11 Å². The average molecular weight is 273 g/mol. The molecule has 1 aromatic heterocycles. The van der Waals surface area contributed by atoms with Crippen molar-refractivity contribution in [2.75, 3.05) is 31.7 Å². The van der Waals surface area contributed by atoms with Gasteiger partial charge in [0.25, 0.3) is 0 Å². The Labute approximate surface area is 113 Å². The van der Waals surface area contributed by atoms with E-state index in [1.165, 1.54) is 21.9 Å². The Morgan fingerprint density at radius 1 is 1.29 bits per heavy atom. The van der Waals surface area contributed by atoms with Crippen molar-refractivity contribution in [3.8, 4) is 0 Å². The zero-order valence-corrected chi connectivity index (χ0v) is 12.4. The highest BCUT2D eigenvalue weighted by Gasteiger charge is 2.06. The van der Waals surface area contributed by atoms with Gasteiger partial charge in [0.2, 0.25) is 0 Å². The molecular formula is C13H23NOS2. The highest BCUT2D eigenvalue weighted by atomic mass is 32.2. The number of aliphatic hydroxyl groups is 1. The van der Waals surface area contributed by atoms with Gasteiger partial charge in [0.1, 0.15) is 0 Å². The summed E-state index contributed by atoms with van der Waals surface area (Å²) in [5.74, 6) is 1.22. The van der Waals surface area contributed by atoms with Crippen LogP contribution in [0.4, 0.5) is 0 Å². The summed E-state index contributed by atoms with van der Waals surface area (Å²) in [7, 11) is 0. The largest absolute Gasteiger partial charge is 0.396 e. The van der Waals surface area contributed by atoms with Crippen molar-refractivity contribution in [2.24, 2.45) is 0 Å². The first-order valence-electron chi connectivity index (χ1n) is 6.13. The van der Waals surface area contributed by atoms with Crippen molar-refractivity contribution in [1.29, 1.82) is 0 Å². The normalized spacial score (nSPS) is 11.3. The van der Waals surface area contributed by atoms with Crippen molar-refractivity contribution < 1.29 is 5.11 Å². The van der Waals surface area contributed by atoms with Crippen LogP contribution in [0.5, 0.6) is 0 Å². The molecule has 0 saturated carbocycles. The Balaban J connectivity index is 2.38. The SMILES string of the molecule is CSCCCN(CCCO)Cc1ccc(C)s1. The number of aliphatic hydroxyl groups excluding tert-OH is 1. The van der Waals surface area contributed by atoms with E-state index in [1.54, 1.807) is 0 Å². The van der Waals surface area contributed by atoms with Crippen LogP contribution in [-0.2, 0) is 6.54 Å². The van der Waals surface area contributed by atoms with E-state index in [-0.39, 0.29) is 0 Å². The molecule has 0 aliphatic rings. The number of thiophene rings is 1. The molecule has 0 amide bonds. The quantitative estimate of drug-likeness (QED) is 0.700. The number of hydrogen-bond acceptors (Lipinski definition) is 4. The van der Waals surface area contributed by atoms with Gasteiger partial charge in [-0.25, -0.2) is 0 Å². The smallest absolute Gasteiger partial charge is 0.0443 e. The summed E-state index contributed by atoms with van der Waals surface area (Å²) < 4.78 is 0. The second-order valence-electron chi connectivity index (χ2n) is 4.21. The van der Waals surface area contributed by atoms with Crippen LogP contribution in [0.1, 0.15) is 22.6 Å². The van der Waals surface area contributed by atoms with Gasteiger partial charge in [0.05, 0.1) is 0 Å². The van der Waals surface area contributed by atoms with Gasteiger partial charge in [-0.2, -0.15) is 11.8 Å². The summed E-state index contributed by atoms with van der Waals surface area (Å²) in [6, 6.07) is 4.41. The fourth-order valence-corrected chi connectivity index (χ4v) is 3.14. The molecule has 4 heteroatoms. The van der Waals surface area contributed by atoms with E-state index in [9.17, 15) is 0 Å². The van der Waals surface area contributed by atoms with Crippen LogP contribution in [0, 0.1) is 6.92 Å². The van der Waals surface area contributed by atoms with E-state index >= 15 is 0 Å². The number of nitrogens with zero attached hydrogens (tertiary/aromatic N) is 1. The summed E-state index contributed by atoms with van der Waals surface area (Å²) >= 11 is 3.78. The lowest BCUT2D eigenvalue weighted by atomic mass is 10.3. The number of aryl methyl sites for hydroxylation is 1. The third-order valence-corrected chi connectivity index (χ3v) is 4.31. The summed E-state index contributed by atoms with van der Waals surface area (Å²) in [6.07, 6.45) is 4.27. The highest BCUT2D eigenvalue weighted by Crippen LogP contribution is 2.17. The minimum absolute atomic E-state index is 0.294. The Hall–Kier alpha value is -0.0300. The summed E-state index contributed by atoms with van der Waals surface area (Å²) in [4.78, 5) is 5.27. The lowest BCUT2D eigenvalue weighted by Gasteiger charge is -2.21. The maximum atomic E-state index is 8.93. The predicted octanol–water partition coefficient (Wildman–Crippen LogP) is 2.99. The summed E-state index contributed by atoms with van der Waals surface area (Å²) in [5, 5.41) is 8.93. The van der Waals surface area contributed by atoms with Crippen molar-refractivity contribution >= 4 is 23.1 Å². The van der Waals surface area contributed by atoms with Crippen LogP contribution in [0.2, 0.25) is 0 Å². The summed E-state index contributed by atoms with van der Waals surface area (Å²) in [6.45, 7) is 5.62. The van der Waals surface area contributed by atoms with Crippen LogP contribution in [0.25, 0.3) is 0 Å². The van der Waals surface area contributed by atoms with E-state index in [0.717, 1.165) is 26.1 Å². The lowest BCUT2D eigenvalue weighted by Crippen LogP contribution is -2.26. The topological polar surface area (TPSA) is 23.5 Å². The second-order valence-corrected chi connectivity index (χ2v) is 6.57. The molecule has 17 heavy (non-hydrogen) atoms. The highest BCUT2D eigenvalue weighted by molar-refractivity contribution is 7.98. The maximum Gasteiger partial charge on any atom is 0.0443 e. The molecule has 0 radical (unpaired) electrons. The minimum Gasteiger partial charge on any atom is -0.396 e. The monoisotopic (exact) mass is 273 g/mol. The van der Waals surface area contributed by atoms with Crippen LogP contribution in [-0.4, -0.2) is 41.7 Å². The first kappa shape index (κ1) is 15.0. The van der Waals surface area contributed by atoms with Crippen LogP contribution in [0.15, 0.2) is 12.1 Å². The number of rotatable bonds is 9. The van der Waals surface area contributed by atoms with Crippen LogP contribution >= 0.6 is 23.1 Å². The summed E-state index contributed by atoms with van der Waals surface area (Å²) in [5.41, 5.74) is 0. The lowest BCUT2D eigenvalue weighted by molar-refractivity contribution is 0.220. The van der Waals surface area contributed by atoms with Crippen molar-refractivity contribution in [3.63, 3.8) is 0 Å². The zero-order chi connectivity index (χ0) is 12.5. The number of hydrogen-bond donors (Lipinski definition) is 1. The Morgan fingerprint density at radius 3 is 2.65 bits per heavy atom. The van der Waals surface area contributed by atoms with Gasteiger partial charge < -0.3 is 5.11 Å². The Bertz CT molecular complexity index is 301. The van der Waals surface area contributed by atoms with Gasteiger partial charge >= 0.3 is 0 Å². The Morgan fingerprint density at radius 2 is 2.06 bits per heavy atom. The van der Waals surface area contributed by atoms with E-state index in [2.05, 4.69) is 30.2 Å². The molecule has 98 valence electrons. The van der Waals surface area contributed by atoms with Gasteiger partial charge in [0, 0.05) is 29.5 Å². The van der Waals surface area contributed by atoms with Crippen molar-refractivity contribution in [1.82, 2.24) is 4.90 Å². The minimum atomic E-state index is 0.294. The molecule has 0 spiro atoms. The zero-order valence-electron chi connectivity index (χ0n) is 10.8. The van der Waals surface area contributed by atoms with Gasteiger partial charge in [-0.15, -0.1) is 11.3 Å². The standard InChI is InChI=1S/C13H23NOS2/c1-12-5-6-13(17-12)11-14(7-3-9-15)8-4-10-16-2/h5-6,15H,3-4,7-11H2,1-2H3. The number of thioether (sulfide) groups is 1. The average Bonchev–Trinajstić information content (AvgIpc) is 2.72. The molecule has 0 atom stereocenters. The molecule has 0 aliphatic heterocycles. The Kier molecular flexibility index (Phi) is 7.93. The molecule has 0 aliphatic carbocycles. The molecule has 0 aromatic carbocycles. The van der Waals surface area contributed by atoms with E-state index in [1.807, 2.05) is 23.1 Å². The first-order valence-corrected chi connectivity index (χ1v) is 8.34. The molecular weight excluding hydrogens is 250 g/mol. The van der Waals surface area contributed by atoms with Crippen molar-refractivity contribution in [3.05, 3.63) is 21.9 Å². The molecule has 1 heterocycles. The van der Waals surface area contributed by atoms with Crippen LogP contribution < -0.4 is 0 Å². The third-order valence-electron chi connectivity index (χ3n) is 2.63. The second kappa shape index (κ2) is 8.97. The van der Waals surface area contributed by atoms with Gasteiger partial charge in [-0.1, -0.05) is 0 Å². The fraction of sp³-hybridized carbons (Fsp3) is 0.692. The molecule has 1 rings (SSSR count). The van der Waals surface area contributed by atoms with Gasteiger partial charge in [-0.05, 0) is 50.5 Å². The van der Waals surface area contributed by atoms with E-state index < -0.39 is 0 Å². The van der Waals surface area contributed by atoms with Gasteiger partial charge in [-0.3, -0.25) is 4.90 Å². The molecule has 0 saturated heterocycles. The fourth-order valence-electron chi connectivity index (χ4n) is 1.79. The molecule has 0 unspecified atom stereocenters. The maximum absolute atomic E-state index is 8.93. The van der Waals surface area contributed by atoms with Crippen molar-refractivity contribution in [2.45, 2.75) is 26.3 Å².